The molecule has 0 unspecified atom stereocenters. The third-order valence-corrected chi connectivity index (χ3v) is 3.24. The van der Waals surface area contributed by atoms with Gasteiger partial charge in [-0.3, -0.25) is 4.79 Å². The minimum atomic E-state index is -0.759. The summed E-state index contributed by atoms with van der Waals surface area (Å²) >= 11 is 3.24. The van der Waals surface area contributed by atoms with E-state index in [1.807, 2.05) is 0 Å². The molecule has 2 rings (SSSR count). The van der Waals surface area contributed by atoms with Gasteiger partial charge in [-0.2, -0.15) is 0 Å². The van der Waals surface area contributed by atoms with Gasteiger partial charge >= 0.3 is 0 Å². The van der Waals surface area contributed by atoms with Crippen LogP contribution >= 0.6 is 15.9 Å². The van der Waals surface area contributed by atoms with Crippen LogP contribution in [-0.2, 0) is 0 Å². The summed E-state index contributed by atoms with van der Waals surface area (Å²) in [4.78, 5) is 12.1. The monoisotopic (exact) mass is 340 g/mol. The lowest BCUT2D eigenvalue weighted by molar-refractivity contribution is 0.102. The summed E-state index contributed by atoms with van der Waals surface area (Å²) in [6, 6.07) is 6.08. The second-order valence-electron chi connectivity index (χ2n) is 4.28. The van der Waals surface area contributed by atoms with Gasteiger partial charge in [0.25, 0.3) is 5.91 Å². The van der Waals surface area contributed by atoms with Gasteiger partial charge in [0.05, 0.1) is 0 Å². The van der Waals surface area contributed by atoms with E-state index in [2.05, 4.69) is 21.2 Å². The number of nitrogen functional groups attached to an aromatic ring is 1. The van der Waals surface area contributed by atoms with Crippen LogP contribution in [-0.4, -0.2) is 5.91 Å². The average Bonchev–Trinajstić information content (AvgIpc) is 2.32. The van der Waals surface area contributed by atoms with Crippen LogP contribution in [0.15, 0.2) is 34.8 Å². The molecule has 104 valence electrons. The second-order valence-corrected chi connectivity index (χ2v) is 5.20. The summed E-state index contributed by atoms with van der Waals surface area (Å²) in [5.41, 5.74) is 7.21. The molecule has 2 aromatic carbocycles. The number of halogens is 3. The summed E-state index contributed by atoms with van der Waals surface area (Å²) < 4.78 is 26.8. The van der Waals surface area contributed by atoms with E-state index in [0.717, 1.165) is 18.2 Å². The molecule has 0 aromatic heterocycles. The lowest BCUT2D eigenvalue weighted by Crippen LogP contribution is -2.14. The zero-order valence-electron chi connectivity index (χ0n) is 10.5. The minimum absolute atomic E-state index is 0.0467. The van der Waals surface area contributed by atoms with Crippen LogP contribution < -0.4 is 11.1 Å². The largest absolute Gasteiger partial charge is 0.398 e. The zero-order valence-corrected chi connectivity index (χ0v) is 12.1. The number of anilines is 2. The van der Waals surface area contributed by atoms with Gasteiger partial charge in [0.1, 0.15) is 11.6 Å². The highest BCUT2D eigenvalue weighted by Gasteiger charge is 2.13. The Bertz CT molecular complexity index is 669. The highest BCUT2D eigenvalue weighted by molar-refractivity contribution is 9.10. The topological polar surface area (TPSA) is 55.1 Å². The van der Waals surface area contributed by atoms with Gasteiger partial charge in [-0.25, -0.2) is 8.78 Å². The van der Waals surface area contributed by atoms with Crippen molar-refractivity contribution in [1.29, 1.82) is 0 Å². The maximum absolute atomic E-state index is 13.1. The number of hydrogen-bond acceptors (Lipinski definition) is 2. The molecule has 3 N–H and O–H groups in total. The van der Waals surface area contributed by atoms with Crippen LogP contribution in [0.5, 0.6) is 0 Å². The summed E-state index contributed by atoms with van der Waals surface area (Å²) in [5.74, 6) is -2.00. The molecule has 0 saturated carbocycles. The highest BCUT2D eigenvalue weighted by atomic mass is 79.9. The van der Waals surface area contributed by atoms with Crippen LogP contribution in [0.4, 0.5) is 20.2 Å². The Morgan fingerprint density at radius 2 is 1.75 bits per heavy atom. The maximum atomic E-state index is 13.1. The van der Waals surface area contributed by atoms with Gasteiger partial charge in [0.15, 0.2) is 0 Å². The molecule has 0 saturated heterocycles. The first-order valence-corrected chi connectivity index (χ1v) is 6.49. The molecule has 0 aliphatic carbocycles. The predicted octanol–water partition coefficient (Wildman–Crippen LogP) is 3.87. The molecule has 0 bridgehead atoms. The van der Waals surface area contributed by atoms with E-state index in [9.17, 15) is 13.6 Å². The first-order chi connectivity index (χ1) is 9.36. The molecular weight excluding hydrogens is 330 g/mol. The minimum Gasteiger partial charge on any atom is -0.398 e. The van der Waals surface area contributed by atoms with Gasteiger partial charge in [0, 0.05) is 27.5 Å². The van der Waals surface area contributed by atoms with Crippen LogP contribution in [0.2, 0.25) is 0 Å². The molecule has 20 heavy (non-hydrogen) atoms. The number of benzene rings is 2. The van der Waals surface area contributed by atoms with E-state index in [1.54, 1.807) is 19.1 Å². The molecular formula is C14H11BrF2N2O. The number of hydrogen-bond donors (Lipinski definition) is 2. The van der Waals surface area contributed by atoms with Crippen LogP contribution in [0.25, 0.3) is 0 Å². The summed E-state index contributed by atoms with van der Waals surface area (Å²) in [5, 5.41) is 2.44. The Balaban J connectivity index is 2.33. The number of nitrogens with two attached hydrogens (primary N) is 1. The van der Waals surface area contributed by atoms with E-state index in [0.29, 0.717) is 21.3 Å². The Morgan fingerprint density at radius 3 is 2.35 bits per heavy atom. The fourth-order valence-electron chi connectivity index (χ4n) is 1.76. The fourth-order valence-corrected chi connectivity index (χ4v) is 2.24. The Morgan fingerprint density at radius 1 is 1.15 bits per heavy atom. The number of carbonyl (C=O) groups excluding carboxylic acids is 1. The first kappa shape index (κ1) is 14.5. The summed E-state index contributed by atoms with van der Waals surface area (Å²) in [6.07, 6.45) is 0. The van der Waals surface area contributed by atoms with E-state index in [4.69, 9.17) is 5.73 Å². The molecule has 3 nitrogen and oxygen atoms in total. The first-order valence-electron chi connectivity index (χ1n) is 5.70. The third-order valence-electron chi connectivity index (χ3n) is 2.78. The van der Waals surface area contributed by atoms with Crippen molar-refractivity contribution < 1.29 is 13.6 Å². The maximum Gasteiger partial charge on any atom is 0.256 e. The van der Waals surface area contributed by atoms with Crippen molar-refractivity contribution in [1.82, 2.24) is 0 Å². The Kier molecular flexibility index (Phi) is 4.04. The van der Waals surface area contributed by atoms with E-state index >= 15 is 0 Å². The standard InChI is InChI=1S/C14H11BrF2N2O/c1-7-12(2-8(15)3-13(7)18)14(20)19-11-5-9(16)4-10(17)6-11/h2-6H,18H2,1H3,(H,19,20). The van der Waals surface area contributed by atoms with Gasteiger partial charge in [-0.15, -0.1) is 0 Å². The van der Waals surface area contributed by atoms with E-state index in [-0.39, 0.29) is 5.69 Å². The molecule has 0 atom stereocenters. The second kappa shape index (κ2) is 5.58. The number of rotatable bonds is 2. The van der Waals surface area contributed by atoms with E-state index < -0.39 is 17.5 Å². The Hall–Kier alpha value is -1.95. The number of nitrogens with one attached hydrogen (secondary N) is 1. The molecule has 0 fully saturated rings. The third kappa shape index (κ3) is 3.14. The molecule has 6 heteroatoms. The van der Waals surface area contributed by atoms with E-state index in [1.165, 1.54) is 0 Å². The Labute approximate surface area is 122 Å². The number of carbonyl (C=O) groups is 1. The fraction of sp³-hybridized carbons (Fsp3) is 0.0714. The smallest absolute Gasteiger partial charge is 0.256 e. The van der Waals surface area contributed by atoms with Gasteiger partial charge < -0.3 is 11.1 Å². The normalized spacial score (nSPS) is 10.4. The molecule has 0 aliphatic heterocycles. The molecule has 0 spiro atoms. The summed E-state index contributed by atoms with van der Waals surface area (Å²) in [6.45, 7) is 1.70. The molecule has 0 heterocycles. The lowest BCUT2D eigenvalue weighted by Gasteiger charge is -2.10. The number of amides is 1. The van der Waals surface area contributed by atoms with Gasteiger partial charge in [-0.1, -0.05) is 15.9 Å². The SMILES string of the molecule is Cc1c(N)cc(Br)cc1C(=O)Nc1cc(F)cc(F)c1. The molecule has 1 amide bonds. The lowest BCUT2D eigenvalue weighted by atomic mass is 10.1. The van der Waals surface area contributed by atoms with Crippen molar-refractivity contribution in [3.63, 3.8) is 0 Å². The van der Waals surface area contributed by atoms with Crippen molar-refractivity contribution in [3.8, 4) is 0 Å². The summed E-state index contributed by atoms with van der Waals surface area (Å²) in [7, 11) is 0. The zero-order chi connectivity index (χ0) is 14.9. The van der Waals surface area contributed by atoms with Crippen molar-refractivity contribution in [3.05, 3.63) is 57.6 Å². The highest BCUT2D eigenvalue weighted by Crippen LogP contribution is 2.24. The van der Waals surface area contributed by atoms with Crippen LogP contribution in [0, 0.1) is 18.6 Å². The van der Waals surface area contributed by atoms with Crippen molar-refractivity contribution >= 4 is 33.2 Å². The van der Waals surface area contributed by atoms with Crippen LogP contribution in [0.3, 0.4) is 0 Å². The van der Waals surface area contributed by atoms with Crippen molar-refractivity contribution in [2.45, 2.75) is 6.92 Å². The van der Waals surface area contributed by atoms with Crippen molar-refractivity contribution in [2.75, 3.05) is 11.1 Å². The van der Waals surface area contributed by atoms with Gasteiger partial charge in [0.2, 0.25) is 0 Å². The quantitative estimate of drug-likeness (QED) is 0.815. The molecule has 0 radical (unpaired) electrons. The molecule has 2 aromatic rings. The van der Waals surface area contributed by atoms with Crippen LogP contribution in [0.1, 0.15) is 15.9 Å². The molecule has 0 aliphatic rings. The van der Waals surface area contributed by atoms with Crippen molar-refractivity contribution in [2.24, 2.45) is 0 Å². The average molecular weight is 341 g/mol. The van der Waals surface area contributed by atoms with Gasteiger partial charge in [-0.05, 0) is 36.8 Å². The predicted molar refractivity (Wildman–Crippen MR) is 77.6 cm³/mol.